The van der Waals surface area contributed by atoms with Gasteiger partial charge in [0.05, 0.1) is 20.3 Å². The van der Waals surface area contributed by atoms with Crippen LogP contribution in [0.1, 0.15) is 18.9 Å². The molecule has 0 aliphatic carbocycles. The number of carbonyl (C=O) groups is 1. The van der Waals surface area contributed by atoms with E-state index >= 15 is 0 Å². The standard InChI is InChI=1S/C14H22N2O3.ClH/c1-10(15)14(17)16-8-4-5-11-6-7-12(18-2)13(9-11)19-3;/h6-7,9-10H,4-5,8,15H2,1-3H3,(H,16,17);1H/t10-;/m0./s1. The fraction of sp³-hybridized carbons (Fsp3) is 0.500. The highest BCUT2D eigenvalue weighted by Gasteiger charge is 2.06. The van der Waals surface area contributed by atoms with E-state index in [0.717, 1.165) is 29.9 Å². The molecule has 0 saturated heterocycles. The van der Waals surface area contributed by atoms with Gasteiger partial charge in [0.15, 0.2) is 11.5 Å². The Morgan fingerprint density at radius 3 is 2.50 bits per heavy atom. The molecule has 1 atom stereocenters. The van der Waals surface area contributed by atoms with Gasteiger partial charge in [-0.3, -0.25) is 4.79 Å². The molecule has 0 aromatic heterocycles. The molecule has 114 valence electrons. The smallest absolute Gasteiger partial charge is 0.236 e. The highest BCUT2D eigenvalue weighted by Crippen LogP contribution is 2.27. The maximum absolute atomic E-state index is 11.3. The van der Waals surface area contributed by atoms with E-state index in [1.165, 1.54) is 0 Å². The van der Waals surface area contributed by atoms with Crippen molar-refractivity contribution in [3.8, 4) is 11.5 Å². The number of hydrogen-bond acceptors (Lipinski definition) is 4. The lowest BCUT2D eigenvalue weighted by Gasteiger charge is -2.10. The number of nitrogens with two attached hydrogens (primary N) is 1. The summed E-state index contributed by atoms with van der Waals surface area (Å²) in [6, 6.07) is 5.37. The average Bonchev–Trinajstić information content (AvgIpc) is 2.42. The van der Waals surface area contributed by atoms with Crippen LogP contribution in [0.15, 0.2) is 18.2 Å². The van der Waals surface area contributed by atoms with E-state index in [1.54, 1.807) is 21.1 Å². The molecule has 0 fully saturated rings. The molecule has 0 aliphatic rings. The van der Waals surface area contributed by atoms with Crippen LogP contribution in [0.4, 0.5) is 0 Å². The minimum atomic E-state index is -0.457. The number of methoxy groups -OCH3 is 2. The van der Waals surface area contributed by atoms with Crippen LogP contribution in [0, 0.1) is 0 Å². The van der Waals surface area contributed by atoms with Crippen molar-refractivity contribution in [1.29, 1.82) is 0 Å². The molecule has 0 heterocycles. The summed E-state index contributed by atoms with van der Waals surface area (Å²) in [5.41, 5.74) is 6.60. The van der Waals surface area contributed by atoms with Gasteiger partial charge in [-0.1, -0.05) is 6.07 Å². The van der Waals surface area contributed by atoms with Crippen LogP contribution < -0.4 is 20.5 Å². The Balaban J connectivity index is 0.00000361. The van der Waals surface area contributed by atoms with Crippen LogP contribution in [0.25, 0.3) is 0 Å². The molecule has 0 bridgehead atoms. The quantitative estimate of drug-likeness (QED) is 0.749. The zero-order chi connectivity index (χ0) is 14.3. The Morgan fingerprint density at radius 2 is 1.95 bits per heavy atom. The van der Waals surface area contributed by atoms with Gasteiger partial charge in [0.25, 0.3) is 0 Å². The van der Waals surface area contributed by atoms with Crippen LogP contribution in [0.5, 0.6) is 11.5 Å². The van der Waals surface area contributed by atoms with Gasteiger partial charge in [-0.05, 0) is 37.5 Å². The van der Waals surface area contributed by atoms with E-state index in [-0.39, 0.29) is 18.3 Å². The van der Waals surface area contributed by atoms with Gasteiger partial charge in [-0.25, -0.2) is 0 Å². The zero-order valence-corrected chi connectivity index (χ0v) is 13.0. The number of hydrogen-bond donors (Lipinski definition) is 2. The van der Waals surface area contributed by atoms with Crippen molar-refractivity contribution in [1.82, 2.24) is 5.32 Å². The van der Waals surface area contributed by atoms with Crippen LogP contribution in [-0.4, -0.2) is 32.7 Å². The summed E-state index contributed by atoms with van der Waals surface area (Å²) >= 11 is 0. The Hall–Kier alpha value is -1.46. The summed E-state index contributed by atoms with van der Waals surface area (Å²) in [7, 11) is 3.23. The van der Waals surface area contributed by atoms with E-state index in [4.69, 9.17) is 15.2 Å². The molecule has 0 spiro atoms. The SMILES string of the molecule is COc1ccc(CCCNC(=O)[C@H](C)N)cc1OC.Cl. The van der Waals surface area contributed by atoms with E-state index in [0.29, 0.717) is 6.54 Å². The number of halogens is 1. The predicted molar refractivity (Wildman–Crippen MR) is 81.8 cm³/mol. The number of nitrogens with one attached hydrogen (secondary N) is 1. The first-order valence-electron chi connectivity index (χ1n) is 6.32. The van der Waals surface area contributed by atoms with Crippen LogP contribution in [0.2, 0.25) is 0 Å². The molecule has 3 N–H and O–H groups in total. The summed E-state index contributed by atoms with van der Waals surface area (Å²) in [5, 5.41) is 2.78. The fourth-order valence-electron chi connectivity index (χ4n) is 1.70. The minimum Gasteiger partial charge on any atom is -0.493 e. The largest absolute Gasteiger partial charge is 0.493 e. The minimum absolute atomic E-state index is 0. The lowest BCUT2D eigenvalue weighted by atomic mass is 10.1. The summed E-state index contributed by atoms with van der Waals surface area (Å²) < 4.78 is 10.4. The predicted octanol–water partition coefficient (Wildman–Crippen LogP) is 1.52. The molecule has 5 nitrogen and oxygen atoms in total. The third-order valence-corrected chi connectivity index (χ3v) is 2.80. The zero-order valence-electron chi connectivity index (χ0n) is 12.1. The summed E-state index contributed by atoms with van der Waals surface area (Å²) in [4.78, 5) is 11.3. The highest BCUT2D eigenvalue weighted by atomic mass is 35.5. The maximum Gasteiger partial charge on any atom is 0.236 e. The van der Waals surface area contributed by atoms with E-state index in [9.17, 15) is 4.79 Å². The van der Waals surface area contributed by atoms with Crippen molar-refractivity contribution in [2.45, 2.75) is 25.8 Å². The maximum atomic E-state index is 11.3. The molecule has 0 radical (unpaired) electrons. The molecule has 1 amide bonds. The normalized spacial score (nSPS) is 11.2. The topological polar surface area (TPSA) is 73.6 Å². The number of ether oxygens (including phenoxy) is 2. The average molecular weight is 303 g/mol. The Kier molecular flexibility index (Phi) is 8.76. The Bertz CT molecular complexity index is 425. The van der Waals surface area contributed by atoms with Gasteiger partial charge < -0.3 is 20.5 Å². The molecule has 1 aromatic rings. The van der Waals surface area contributed by atoms with E-state index in [1.807, 2.05) is 18.2 Å². The van der Waals surface area contributed by atoms with E-state index in [2.05, 4.69) is 5.32 Å². The first-order valence-corrected chi connectivity index (χ1v) is 6.32. The van der Waals surface area contributed by atoms with Crippen LogP contribution in [-0.2, 0) is 11.2 Å². The van der Waals surface area contributed by atoms with Crippen molar-refractivity contribution in [3.63, 3.8) is 0 Å². The van der Waals surface area contributed by atoms with Crippen molar-refractivity contribution in [2.75, 3.05) is 20.8 Å². The molecule has 1 aromatic carbocycles. The fourth-order valence-corrected chi connectivity index (χ4v) is 1.70. The van der Waals surface area contributed by atoms with Crippen LogP contribution >= 0.6 is 12.4 Å². The molecule has 1 rings (SSSR count). The molecular formula is C14H23ClN2O3. The third kappa shape index (κ3) is 5.67. The van der Waals surface area contributed by atoms with Gasteiger partial charge in [0.2, 0.25) is 5.91 Å². The molecular weight excluding hydrogens is 280 g/mol. The monoisotopic (exact) mass is 302 g/mol. The number of aryl methyl sites for hydroxylation is 1. The van der Waals surface area contributed by atoms with Crippen LogP contribution in [0.3, 0.4) is 0 Å². The lowest BCUT2D eigenvalue weighted by Crippen LogP contribution is -2.38. The second-order valence-electron chi connectivity index (χ2n) is 4.37. The second kappa shape index (κ2) is 9.44. The second-order valence-corrected chi connectivity index (χ2v) is 4.37. The van der Waals surface area contributed by atoms with Crippen molar-refractivity contribution >= 4 is 18.3 Å². The summed E-state index contributed by atoms with van der Waals surface area (Å²) in [5.74, 6) is 1.32. The molecule has 6 heteroatoms. The summed E-state index contributed by atoms with van der Waals surface area (Å²) in [6.45, 7) is 2.29. The third-order valence-electron chi connectivity index (χ3n) is 2.80. The van der Waals surface area contributed by atoms with Crippen molar-refractivity contribution in [3.05, 3.63) is 23.8 Å². The van der Waals surface area contributed by atoms with Crippen molar-refractivity contribution in [2.24, 2.45) is 5.73 Å². The Labute approximate surface area is 126 Å². The van der Waals surface area contributed by atoms with E-state index < -0.39 is 6.04 Å². The lowest BCUT2D eigenvalue weighted by molar-refractivity contribution is -0.121. The van der Waals surface area contributed by atoms with Gasteiger partial charge in [-0.15, -0.1) is 12.4 Å². The first kappa shape index (κ1) is 18.5. The molecule has 0 aliphatic heterocycles. The van der Waals surface area contributed by atoms with Crippen molar-refractivity contribution < 1.29 is 14.3 Å². The molecule has 0 unspecified atom stereocenters. The highest BCUT2D eigenvalue weighted by molar-refractivity contribution is 5.85. The van der Waals surface area contributed by atoms with Gasteiger partial charge in [0.1, 0.15) is 0 Å². The Morgan fingerprint density at radius 1 is 1.30 bits per heavy atom. The van der Waals surface area contributed by atoms with Gasteiger partial charge >= 0.3 is 0 Å². The number of amides is 1. The summed E-state index contributed by atoms with van der Waals surface area (Å²) in [6.07, 6.45) is 1.72. The molecule has 20 heavy (non-hydrogen) atoms. The van der Waals surface area contributed by atoms with Gasteiger partial charge in [-0.2, -0.15) is 0 Å². The first-order chi connectivity index (χ1) is 9.08. The number of carbonyl (C=O) groups excluding carboxylic acids is 1. The van der Waals surface area contributed by atoms with Gasteiger partial charge in [0, 0.05) is 6.54 Å². The molecule has 0 saturated carbocycles. The number of rotatable bonds is 7. The number of benzene rings is 1.